The molecule has 4 heteroatoms. The summed E-state index contributed by atoms with van der Waals surface area (Å²) in [7, 11) is 0. The van der Waals surface area contributed by atoms with Crippen LogP contribution in [0, 0.1) is 11.8 Å². The summed E-state index contributed by atoms with van der Waals surface area (Å²) in [6.07, 6.45) is 7.18. The van der Waals surface area contributed by atoms with Gasteiger partial charge < -0.3 is 9.47 Å². The Kier molecular flexibility index (Phi) is 13.7. The van der Waals surface area contributed by atoms with Crippen molar-refractivity contribution in [3.8, 4) is 0 Å². The van der Waals surface area contributed by atoms with Crippen molar-refractivity contribution in [2.75, 3.05) is 6.61 Å². The summed E-state index contributed by atoms with van der Waals surface area (Å²) < 4.78 is 10.9. The fraction of sp³-hybridized carbons (Fsp3) is 0.900. The van der Waals surface area contributed by atoms with Crippen LogP contribution < -0.4 is 0 Å². The molecule has 0 N–H and O–H groups in total. The normalized spacial score (nSPS) is 14.7. The Hall–Kier alpha value is -1.06. The largest absolute Gasteiger partial charge is 0.462 e. The molecule has 24 heavy (non-hydrogen) atoms. The van der Waals surface area contributed by atoms with Crippen molar-refractivity contribution < 1.29 is 19.1 Å². The number of hydrogen-bond donors (Lipinski definition) is 0. The fourth-order valence-corrected chi connectivity index (χ4v) is 2.25. The van der Waals surface area contributed by atoms with Crippen molar-refractivity contribution in [3.63, 3.8) is 0 Å². The molecule has 0 heterocycles. The van der Waals surface area contributed by atoms with E-state index in [1.807, 2.05) is 0 Å². The molecule has 0 aliphatic heterocycles. The minimum atomic E-state index is -0.304. The number of unbranched alkanes of at least 4 members (excludes halogenated alkanes) is 1. The molecule has 0 rings (SSSR count). The standard InChI is InChI=1S/C20H38O4/c1-6-9-10-18(24-20(22)14-12-17(5)8-3)15-23-19(21)13-11-16(4)7-2/h16-18H,6-15H2,1-5H3. The molecule has 0 spiro atoms. The molecular formula is C20H38O4. The maximum Gasteiger partial charge on any atom is 0.306 e. The van der Waals surface area contributed by atoms with E-state index in [9.17, 15) is 9.59 Å². The van der Waals surface area contributed by atoms with E-state index >= 15 is 0 Å². The van der Waals surface area contributed by atoms with E-state index in [1.54, 1.807) is 0 Å². The molecule has 0 fully saturated rings. The van der Waals surface area contributed by atoms with E-state index in [4.69, 9.17) is 9.47 Å². The first kappa shape index (κ1) is 22.9. The summed E-state index contributed by atoms with van der Waals surface area (Å²) in [5, 5.41) is 0. The second-order valence-corrected chi connectivity index (χ2v) is 7.04. The first-order chi connectivity index (χ1) is 11.4. The van der Waals surface area contributed by atoms with E-state index in [2.05, 4.69) is 34.6 Å². The van der Waals surface area contributed by atoms with Gasteiger partial charge >= 0.3 is 11.9 Å². The summed E-state index contributed by atoms with van der Waals surface area (Å²) in [5.41, 5.74) is 0. The van der Waals surface area contributed by atoms with Crippen LogP contribution in [0.3, 0.4) is 0 Å². The van der Waals surface area contributed by atoms with Crippen LogP contribution in [0.4, 0.5) is 0 Å². The van der Waals surface area contributed by atoms with Crippen LogP contribution in [0.2, 0.25) is 0 Å². The van der Waals surface area contributed by atoms with E-state index < -0.39 is 0 Å². The Bertz CT molecular complexity index is 341. The Balaban J connectivity index is 4.20. The number of carbonyl (C=O) groups is 2. The third-order valence-electron chi connectivity index (χ3n) is 4.68. The number of ether oxygens (including phenoxy) is 2. The third kappa shape index (κ3) is 12.4. The molecule has 3 unspecified atom stereocenters. The molecule has 0 aromatic carbocycles. The average Bonchev–Trinajstić information content (AvgIpc) is 2.59. The Morgan fingerprint density at radius 2 is 1.38 bits per heavy atom. The van der Waals surface area contributed by atoms with E-state index in [1.165, 1.54) is 0 Å². The topological polar surface area (TPSA) is 52.6 Å². The highest BCUT2D eigenvalue weighted by Gasteiger charge is 2.17. The van der Waals surface area contributed by atoms with Gasteiger partial charge in [0.25, 0.3) is 0 Å². The predicted molar refractivity (Wildman–Crippen MR) is 97.7 cm³/mol. The SMILES string of the molecule is CCCCC(COC(=O)CCC(C)CC)OC(=O)CCC(C)CC. The van der Waals surface area contributed by atoms with Crippen LogP contribution in [0.1, 0.15) is 92.4 Å². The summed E-state index contributed by atoms with van der Waals surface area (Å²) in [6, 6.07) is 0. The second-order valence-electron chi connectivity index (χ2n) is 7.04. The molecule has 0 radical (unpaired) electrons. The van der Waals surface area contributed by atoms with Gasteiger partial charge in [0.05, 0.1) is 0 Å². The molecule has 0 aromatic rings. The lowest BCUT2D eigenvalue weighted by Gasteiger charge is -2.18. The van der Waals surface area contributed by atoms with E-state index in [-0.39, 0.29) is 24.6 Å². The maximum atomic E-state index is 12.0. The van der Waals surface area contributed by atoms with Gasteiger partial charge in [-0.15, -0.1) is 0 Å². The van der Waals surface area contributed by atoms with Gasteiger partial charge in [0.1, 0.15) is 12.7 Å². The fourth-order valence-electron chi connectivity index (χ4n) is 2.25. The van der Waals surface area contributed by atoms with Gasteiger partial charge in [0.2, 0.25) is 0 Å². The highest BCUT2D eigenvalue weighted by molar-refractivity contribution is 5.70. The monoisotopic (exact) mass is 342 g/mol. The van der Waals surface area contributed by atoms with Crippen molar-refractivity contribution in [2.45, 2.75) is 98.5 Å². The molecule has 0 bridgehead atoms. The Morgan fingerprint density at radius 3 is 1.88 bits per heavy atom. The van der Waals surface area contributed by atoms with Gasteiger partial charge in [0, 0.05) is 12.8 Å². The summed E-state index contributed by atoms with van der Waals surface area (Å²) >= 11 is 0. The predicted octanol–water partition coefficient (Wildman–Crippen LogP) is 5.28. The number of carbonyl (C=O) groups excluding carboxylic acids is 2. The van der Waals surface area contributed by atoms with Crippen molar-refractivity contribution in [1.29, 1.82) is 0 Å². The number of hydrogen-bond acceptors (Lipinski definition) is 4. The first-order valence-electron chi connectivity index (χ1n) is 9.77. The quantitative estimate of drug-likeness (QED) is 0.403. The summed E-state index contributed by atoms with van der Waals surface area (Å²) in [4.78, 5) is 23.8. The Morgan fingerprint density at radius 1 is 0.833 bits per heavy atom. The smallest absolute Gasteiger partial charge is 0.306 e. The zero-order chi connectivity index (χ0) is 18.4. The minimum absolute atomic E-state index is 0.174. The average molecular weight is 343 g/mol. The highest BCUT2D eigenvalue weighted by atomic mass is 16.6. The van der Waals surface area contributed by atoms with Crippen LogP contribution in [0.15, 0.2) is 0 Å². The van der Waals surface area contributed by atoms with Gasteiger partial charge in [0.15, 0.2) is 0 Å². The summed E-state index contributed by atoms with van der Waals surface area (Å²) in [6.45, 7) is 10.8. The minimum Gasteiger partial charge on any atom is -0.462 e. The second kappa shape index (κ2) is 14.3. The lowest BCUT2D eigenvalue weighted by molar-refractivity contribution is -0.159. The van der Waals surface area contributed by atoms with Crippen LogP contribution in [0.25, 0.3) is 0 Å². The molecule has 4 nitrogen and oxygen atoms in total. The van der Waals surface area contributed by atoms with Gasteiger partial charge in [-0.1, -0.05) is 53.9 Å². The van der Waals surface area contributed by atoms with E-state index in [0.29, 0.717) is 24.7 Å². The first-order valence-corrected chi connectivity index (χ1v) is 9.77. The highest BCUT2D eigenvalue weighted by Crippen LogP contribution is 2.14. The van der Waals surface area contributed by atoms with Gasteiger partial charge in [-0.2, -0.15) is 0 Å². The molecule has 0 aliphatic rings. The maximum absolute atomic E-state index is 12.0. The number of esters is 2. The molecule has 0 aliphatic carbocycles. The van der Waals surface area contributed by atoms with Crippen molar-refractivity contribution in [3.05, 3.63) is 0 Å². The molecule has 0 aromatic heterocycles. The molecule has 3 atom stereocenters. The lowest BCUT2D eigenvalue weighted by atomic mass is 10.0. The molecular weight excluding hydrogens is 304 g/mol. The molecule has 0 amide bonds. The zero-order valence-corrected chi connectivity index (χ0v) is 16.4. The van der Waals surface area contributed by atoms with Gasteiger partial charge in [-0.3, -0.25) is 9.59 Å². The van der Waals surface area contributed by atoms with E-state index in [0.717, 1.165) is 44.9 Å². The molecule has 142 valence electrons. The summed E-state index contributed by atoms with van der Waals surface area (Å²) in [5.74, 6) is 0.705. The Labute approximate surface area is 148 Å². The molecule has 0 saturated carbocycles. The zero-order valence-electron chi connectivity index (χ0n) is 16.4. The van der Waals surface area contributed by atoms with Crippen LogP contribution >= 0.6 is 0 Å². The van der Waals surface area contributed by atoms with Crippen molar-refractivity contribution >= 4 is 11.9 Å². The lowest BCUT2D eigenvalue weighted by Crippen LogP contribution is -2.25. The van der Waals surface area contributed by atoms with Crippen molar-refractivity contribution in [2.24, 2.45) is 11.8 Å². The van der Waals surface area contributed by atoms with Gasteiger partial charge in [-0.05, 0) is 37.5 Å². The third-order valence-corrected chi connectivity index (χ3v) is 4.68. The number of rotatable bonds is 14. The van der Waals surface area contributed by atoms with Crippen LogP contribution in [-0.2, 0) is 19.1 Å². The molecule has 0 saturated heterocycles. The van der Waals surface area contributed by atoms with Gasteiger partial charge in [-0.25, -0.2) is 0 Å². The van der Waals surface area contributed by atoms with Crippen LogP contribution in [-0.4, -0.2) is 24.6 Å². The van der Waals surface area contributed by atoms with Crippen LogP contribution in [0.5, 0.6) is 0 Å². The van der Waals surface area contributed by atoms with Crippen molar-refractivity contribution in [1.82, 2.24) is 0 Å².